The van der Waals surface area contributed by atoms with Crippen molar-refractivity contribution in [3.63, 3.8) is 0 Å². The van der Waals surface area contributed by atoms with E-state index in [1.54, 1.807) is 36.4 Å². The van der Waals surface area contributed by atoms with Crippen molar-refractivity contribution < 1.29 is 14.3 Å². The molecule has 0 bridgehead atoms. The van der Waals surface area contributed by atoms with Gasteiger partial charge < -0.3 is 20.3 Å². The van der Waals surface area contributed by atoms with Crippen LogP contribution in [-0.4, -0.2) is 25.9 Å². The molecule has 3 aromatic rings. The molecule has 0 heterocycles. The zero-order valence-electron chi connectivity index (χ0n) is 15.7. The number of para-hydroxylation sites is 1. The van der Waals surface area contributed by atoms with Gasteiger partial charge in [0.15, 0.2) is 0 Å². The van der Waals surface area contributed by atoms with Crippen molar-refractivity contribution in [1.82, 2.24) is 0 Å². The van der Waals surface area contributed by atoms with Gasteiger partial charge in [0.05, 0.1) is 0 Å². The number of benzene rings is 3. The second-order valence-corrected chi connectivity index (χ2v) is 6.29. The monoisotopic (exact) mass is 375 g/mol. The van der Waals surface area contributed by atoms with Crippen molar-refractivity contribution in [1.29, 1.82) is 0 Å². The van der Waals surface area contributed by atoms with E-state index in [9.17, 15) is 9.59 Å². The van der Waals surface area contributed by atoms with Gasteiger partial charge in [0.1, 0.15) is 11.5 Å². The largest absolute Gasteiger partial charge is 0.457 e. The summed E-state index contributed by atoms with van der Waals surface area (Å²) in [6, 6.07) is 23.4. The van der Waals surface area contributed by atoms with E-state index in [2.05, 4.69) is 10.6 Å². The van der Waals surface area contributed by atoms with Gasteiger partial charge in [-0.2, -0.15) is 0 Å². The number of ether oxygens (including phenoxy) is 1. The molecule has 6 heteroatoms. The molecule has 0 aromatic heterocycles. The maximum Gasteiger partial charge on any atom is 0.314 e. The molecule has 2 amide bonds. The average molecular weight is 375 g/mol. The molecule has 0 saturated carbocycles. The van der Waals surface area contributed by atoms with Crippen LogP contribution in [0.5, 0.6) is 11.5 Å². The summed E-state index contributed by atoms with van der Waals surface area (Å²) < 4.78 is 5.70. The first kappa shape index (κ1) is 19.0. The first-order valence-electron chi connectivity index (χ1n) is 8.74. The minimum atomic E-state index is -0.744. The average Bonchev–Trinajstić information content (AvgIpc) is 2.70. The molecule has 2 N–H and O–H groups in total. The van der Waals surface area contributed by atoms with Crippen molar-refractivity contribution in [3.05, 3.63) is 78.9 Å². The number of carbonyl (C=O) groups excluding carboxylic acids is 2. The van der Waals surface area contributed by atoms with E-state index >= 15 is 0 Å². The number of anilines is 3. The summed E-state index contributed by atoms with van der Waals surface area (Å²) in [6.07, 6.45) is 0. The molecule has 3 rings (SSSR count). The van der Waals surface area contributed by atoms with Crippen LogP contribution in [0.4, 0.5) is 17.1 Å². The normalized spacial score (nSPS) is 10.1. The molecule has 0 saturated heterocycles. The number of rotatable bonds is 5. The Kier molecular flexibility index (Phi) is 5.91. The molecule has 0 fully saturated rings. The molecular formula is C22H21N3O3. The van der Waals surface area contributed by atoms with Gasteiger partial charge in [-0.1, -0.05) is 24.3 Å². The number of nitrogens with zero attached hydrogens (tertiary/aromatic N) is 1. The maximum absolute atomic E-state index is 12.1. The SMILES string of the molecule is CN(C)c1cccc(NC(=O)C(=O)Nc2ccc(Oc3ccccc3)cc2)c1. The Bertz CT molecular complexity index is 954. The minimum absolute atomic E-state index is 0.502. The van der Waals surface area contributed by atoms with Crippen molar-refractivity contribution in [2.24, 2.45) is 0 Å². The molecule has 3 aromatic carbocycles. The van der Waals surface area contributed by atoms with E-state index in [1.807, 2.05) is 61.5 Å². The molecular weight excluding hydrogens is 354 g/mol. The second kappa shape index (κ2) is 8.73. The van der Waals surface area contributed by atoms with Crippen LogP contribution in [0.2, 0.25) is 0 Å². The van der Waals surface area contributed by atoms with Crippen LogP contribution in [0.15, 0.2) is 78.9 Å². The highest BCUT2D eigenvalue weighted by molar-refractivity contribution is 6.43. The van der Waals surface area contributed by atoms with Gasteiger partial charge in [-0.25, -0.2) is 0 Å². The van der Waals surface area contributed by atoms with Crippen LogP contribution < -0.4 is 20.3 Å². The second-order valence-electron chi connectivity index (χ2n) is 6.29. The molecule has 0 unspecified atom stereocenters. The fourth-order valence-electron chi connectivity index (χ4n) is 2.47. The van der Waals surface area contributed by atoms with Gasteiger partial charge in [-0.15, -0.1) is 0 Å². The van der Waals surface area contributed by atoms with E-state index in [-0.39, 0.29) is 0 Å². The van der Waals surface area contributed by atoms with Gasteiger partial charge in [-0.05, 0) is 54.6 Å². The van der Waals surface area contributed by atoms with Crippen molar-refractivity contribution in [2.75, 3.05) is 29.6 Å². The highest BCUT2D eigenvalue weighted by Gasteiger charge is 2.14. The predicted molar refractivity (Wildman–Crippen MR) is 111 cm³/mol. The Hall–Kier alpha value is -3.80. The lowest BCUT2D eigenvalue weighted by Gasteiger charge is -2.14. The molecule has 0 atom stereocenters. The third kappa shape index (κ3) is 5.11. The lowest BCUT2D eigenvalue weighted by atomic mass is 10.2. The van der Waals surface area contributed by atoms with Gasteiger partial charge in [0.25, 0.3) is 0 Å². The van der Waals surface area contributed by atoms with E-state index in [1.165, 1.54) is 0 Å². The predicted octanol–water partition coefficient (Wildman–Crippen LogP) is 4.12. The molecule has 142 valence electrons. The summed E-state index contributed by atoms with van der Waals surface area (Å²) in [4.78, 5) is 26.2. The smallest absolute Gasteiger partial charge is 0.314 e. The molecule has 0 radical (unpaired) electrons. The first-order valence-corrected chi connectivity index (χ1v) is 8.74. The Morgan fingerprint density at radius 3 is 1.96 bits per heavy atom. The summed E-state index contributed by atoms with van der Waals surface area (Å²) >= 11 is 0. The Labute approximate surface area is 163 Å². The first-order chi connectivity index (χ1) is 13.5. The maximum atomic E-state index is 12.1. The van der Waals surface area contributed by atoms with Gasteiger partial charge >= 0.3 is 11.8 Å². The number of amides is 2. The number of hydrogen-bond acceptors (Lipinski definition) is 4. The molecule has 6 nitrogen and oxygen atoms in total. The van der Waals surface area contributed by atoms with Crippen LogP contribution in [0, 0.1) is 0 Å². The molecule has 0 spiro atoms. The van der Waals surface area contributed by atoms with Crippen molar-refractivity contribution >= 4 is 28.9 Å². The summed E-state index contributed by atoms with van der Waals surface area (Å²) in [5.41, 5.74) is 1.98. The number of hydrogen-bond donors (Lipinski definition) is 2. The Morgan fingerprint density at radius 2 is 1.32 bits per heavy atom. The van der Waals surface area contributed by atoms with Crippen LogP contribution in [0.25, 0.3) is 0 Å². The minimum Gasteiger partial charge on any atom is -0.457 e. The van der Waals surface area contributed by atoms with Gasteiger partial charge in [0, 0.05) is 31.2 Å². The molecule has 0 aliphatic rings. The highest BCUT2D eigenvalue weighted by atomic mass is 16.5. The fourth-order valence-corrected chi connectivity index (χ4v) is 2.47. The van der Waals surface area contributed by atoms with E-state index < -0.39 is 11.8 Å². The van der Waals surface area contributed by atoms with Gasteiger partial charge in [0.2, 0.25) is 0 Å². The summed E-state index contributed by atoms with van der Waals surface area (Å²) in [5.74, 6) is -0.125. The topological polar surface area (TPSA) is 70.7 Å². The zero-order chi connectivity index (χ0) is 19.9. The zero-order valence-corrected chi connectivity index (χ0v) is 15.7. The number of nitrogens with one attached hydrogen (secondary N) is 2. The van der Waals surface area contributed by atoms with Gasteiger partial charge in [-0.3, -0.25) is 9.59 Å². The molecule has 0 aliphatic heterocycles. The Morgan fingerprint density at radius 1 is 0.714 bits per heavy atom. The molecule has 28 heavy (non-hydrogen) atoms. The van der Waals surface area contributed by atoms with Crippen LogP contribution in [-0.2, 0) is 9.59 Å². The third-order valence-corrected chi connectivity index (χ3v) is 3.92. The quantitative estimate of drug-likeness (QED) is 0.658. The van der Waals surface area contributed by atoms with Crippen molar-refractivity contribution in [3.8, 4) is 11.5 Å². The van der Waals surface area contributed by atoms with Crippen molar-refractivity contribution in [2.45, 2.75) is 0 Å². The highest BCUT2D eigenvalue weighted by Crippen LogP contribution is 2.22. The summed E-state index contributed by atoms with van der Waals surface area (Å²) in [6.45, 7) is 0. The van der Waals surface area contributed by atoms with E-state index in [4.69, 9.17) is 4.74 Å². The summed E-state index contributed by atoms with van der Waals surface area (Å²) in [7, 11) is 3.80. The fraction of sp³-hybridized carbons (Fsp3) is 0.0909. The summed E-state index contributed by atoms with van der Waals surface area (Å²) in [5, 5.41) is 5.17. The lowest BCUT2D eigenvalue weighted by molar-refractivity contribution is -0.132. The van der Waals surface area contributed by atoms with E-state index in [0.29, 0.717) is 17.1 Å². The molecule has 0 aliphatic carbocycles. The van der Waals surface area contributed by atoms with Crippen LogP contribution in [0.1, 0.15) is 0 Å². The number of carbonyl (C=O) groups is 2. The van der Waals surface area contributed by atoms with Crippen LogP contribution >= 0.6 is 0 Å². The lowest BCUT2D eigenvalue weighted by Crippen LogP contribution is -2.29. The van der Waals surface area contributed by atoms with E-state index in [0.717, 1.165) is 11.4 Å². The third-order valence-electron chi connectivity index (χ3n) is 3.92. The van der Waals surface area contributed by atoms with Crippen LogP contribution in [0.3, 0.4) is 0 Å². The standard InChI is InChI=1S/C22H21N3O3/c1-25(2)18-8-6-7-17(15-18)24-22(27)21(26)23-16-11-13-20(14-12-16)28-19-9-4-3-5-10-19/h3-15H,1-2H3,(H,23,26)(H,24,27). The Balaban J connectivity index is 1.58.